The summed E-state index contributed by atoms with van der Waals surface area (Å²) in [7, 11) is 4.91. The molecule has 0 atom stereocenters. The molecule has 0 saturated heterocycles. The number of thiazole rings is 1. The van der Waals surface area contributed by atoms with E-state index in [1.54, 1.807) is 25.9 Å². The lowest BCUT2D eigenvalue weighted by molar-refractivity contribution is 0.166. The lowest BCUT2D eigenvalue weighted by Crippen LogP contribution is -2.32. The maximum atomic E-state index is 13.4. The molecule has 9 heteroatoms. The largest absolute Gasteiger partial charge is 0.497 e. The highest BCUT2D eigenvalue weighted by atomic mass is 32.2. The number of nitrogens with zero attached hydrogens (tertiary/aromatic N) is 3. The minimum Gasteiger partial charge on any atom is -0.497 e. The Labute approximate surface area is 177 Å². The van der Waals surface area contributed by atoms with E-state index in [0.717, 1.165) is 28.6 Å². The van der Waals surface area contributed by atoms with Crippen LogP contribution in [-0.2, 0) is 16.7 Å². The molecule has 1 aromatic carbocycles. The Bertz CT molecular complexity index is 1110. The Balaban J connectivity index is 1.88. The molecule has 0 spiro atoms. The van der Waals surface area contributed by atoms with Gasteiger partial charge < -0.3 is 14.2 Å². The zero-order chi connectivity index (χ0) is 20.6. The SMILES string of the molecule is COCC1(c2nc3sc(SC)nc3c(=O)n2Cc2ccc(OC)cc2OC)CC1. The zero-order valence-corrected chi connectivity index (χ0v) is 18.5. The molecule has 4 rings (SSSR count). The van der Waals surface area contributed by atoms with E-state index in [0.29, 0.717) is 35.0 Å². The third-order valence-corrected chi connectivity index (χ3v) is 7.18. The van der Waals surface area contributed by atoms with Crippen LogP contribution in [0.2, 0.25) is 0 Å². The predicted octanol–water partition coefficient (Wildman–Crippen LogP) is 3.32. The van der Waals surface area contributed by atoms with Crippen molar-refractivity contribution in [2.24, 2.45) is 0 Å². The van der Waals surface area contributed by atoms with Gasteiger partial charge in [-0.3, -0.25) is 9.36 Å². The van der Waals surface area contributed by atoms with Crippen molar-refractivity contribution in [1.29, 1.82) is 0 Å². The van der Waals surface area contributed by atoms with Gasteiger partial charge in [0.2, 0.25) is 0 Å². The minimum atomic E-state index is -0.217. The summed E-state index contributed by atoms with van der Waals surface area (Å²) in [4.78, 5) is 23.5. The summed E-state index contributed by atoms with van der Waals surface area (Å²) in [5, 5.41) is 0. The standard InChI is InChI=1S/C20H23N3O4S2/c1-25-11-20(7-8-20)18-22-16-15(21-19(28-4)29-16)17(24)23(18)10-12-5-6-13(26-2)9-14(12)27-3/h5-6,9H,7-8,10-11H2,1-4H3. The van der Waals surface area contributed by atoms with E-state index < -0.39 is 0 Å². The highest BCUT2D eigenvalue weighted by molar-refractivity contribution is 8.00. The Morgan fingerprint density at radius 3 is 2.62 bits per heavy atom. The Kier molecular flexibility index (Phi) is 5.54. The van der Waals surface area contributed by atoms with Gasteiger partial charge in [0.05, 0.1) is 32.8 Å². The maximum Gasteiger partial charge on any atom is 0.281 e. The van der Waals surface area contributed by atoms with Crippen molar-refractivity contribution in [3.8, 4) is 11.5 Å². The van der Waals surface area contributed by atoms with Gasteiger partial charge in [-0.05, 0) is 31.2 Å². The zero-order valence-electron chi connectivity index (χ0n) is 16.9. The van der Waals surface area contributed by atoms with E-state index in [9.17, 15) is 4.79 Å². The van der Waals surface area contributed by atoms with Crippen LogP contribution in [-0.4, -0.2) is 48.7 Å². The van der Waals surface area contributed by atoms with Gasteiger partial charge in [0.25, 0.3) is 5.56 Å². The van der Waals surface area contributed by atoms with Crippen molar-refractivity contribution in [3.63, 3.8) is 0 Å². The summed E-state index contributed by atoms with van der Waals surface area (Å²) in [5.41, 5.74) is 0.961. The lowest BCUT2D eigenvalue weighted by atomic mass is 10.1. The number of thioether (sulfide) groups is 1. The third kappa shape index (κ3) is 3.62. The topological polar surface area (TPSA) is 75.5 Å². The molecule has 0 radical (unpaired) electrons. The monoisotopic (exact) mass is 433 g/mol. The van der Waals surface area contributed by atoms with Crippen LogP contribution in [0.4, 0.5) is 0 Å². The molecule has 2 heterocycles. The number of hydrogen-bond donors (Lipinski definition) is 0. The molecule has 0 N–H and O–H groups in total. The first-order valence-corrected chi connectivity index (χ1v) is 11.2. The summed E-state index contributed by atoms with van der Waals surface area (Å²) in [6.07, 6.45) is 3.85. The molecule has 1 aliphatic rings. The summed E-state index contributed by atoms with van der Waals surface area (Å²) in [5.74, 6) is 2.14. The Morgan fingerprint density at radius 2 is 2.00 bits per heavy atom. The van der Waals surface area contributed by atoms with Crippen molar-refractivity contribution in [1.82, 2.24) is 14.5 Å². The van der Waals surface area contributed by atoms with Crippen molar-refractivity contribution >= 4 is 33.4 Å². The first-order valence-electron chi connectivity index (χ1n) is 9.21. The van der Waals surface area contributed by atoms with Gasteiger partial charge in [0.1, 0.15) is 17.3 Å². The fraction of sp³-hybridized carbons (Fsp3) is 0.450. The van der Waals surface area contributed by atoms with Crippen LogP contribution in [0.25, 0.3) is 10.3 Å². The van der Waals surface area contributed by atoms with Crippen LogP contribution in [0.1, 0.15) is 24.2 Å². The van der Waals surface area contributed by atoms with Gasteiger partial charge in [0, 0.05) is 18.7 Å². The van der Waals surface area contributed by atoms with E-state index in [4.69, 9.17) is 19.2 Å². The Morgan fingerprint density at radius 1 is 1.21 bits per heavy atom. The fourth-order valence-corrected chi connectivity index (χ4v) is 4.96. The van der Waals surface area contributed by atoms with Gasteiger partial charge in [-0.1, -0.05) is 23.1 Å². The highest BCUT2D eigenvalue weighted by Crippen LogP contribution is 2.48. The summed E-state index contributed by atoms with van der Waals surface area (Å²) < 4.78 is 18.9. The molecule has 1 aliphatic carbocycles. The van der Waals surface area contributed by atoms with Crippen molar-refractivity contribution in [2.45, 2.75) is 29.1 Å². The first kappa shape index (κ1) is 20.2. The Hall–Kier alpha value is -2.10. The molecule has 29 heavy (non-hydrogen) atoms. The maximum absolute atomic E-state index is 13.4. The predicted molar refractivity (Wildman–Crippen MR) is 115 cm³/mol. The fourth-order valence-electron chi connectivity index (χ4n) is 3.54. The average molecular weight is 434 g/mol. The van der Waals surface area contributed by atoms with Gasteiger partial charge in [-0.15, -0.1) is 0 Å². The van der Waals surface area contributed by atoms with Crippen LogP contribution < -0.4 is 15.0 Å². The lowest BCUT2D eigenvalue weighted by Gasteiger charge is -2.20. The summed E-state index contributed by atoms with van der Waals surface area (Å²) in [6.45, 7) is 0.890. The normalized spacial score (nSPS) is 14.9. The molecule has 0 unspecified atom stereocenters. The van der Waals surface area contributed by atoms with E-state index in [2.05, 4.69) is 4.98 Å². The summed E-state index contributed by atoms with van der Waals surface area (Å²) in [6, 6.07) is 5.61. The molecule has 0 aliphatic heterocycles. The molecule has 1 fully saturated rings. The van der Waals surface area contributed by atoms with Crippen LogP contribution >= 0.6 is 23.1 Å². The molecule has 0 amide bonds. The van der Waals surface area contributed by atoms with Gasteiger partial charge in [-0.2, -0.15) is 0 Å². The third-order valence-electron chi connectivity index (χ3n) is 5.25. The quantitative estimate of drug-likeness (QED) is 0.505. The number of hydrogen-bond acceptors (Lipinski definition) is 8. The molecule has 154 valence electrons. The first-order chi connectivity index (χ1) is 14.0. The number of benzene rings is 1. The molecular formula is C20H23N3O4S2. The molecule has 1 saturated carbocycles. The van der Waals surface area contributed by atoms with E-state index >= 15 is 0 Å². The molecule has 3 aromatic rings. The second kappa shape index (κ2) is 7.97. The van der Waals surface area contributed by atoms with Crippen molar-refractivity contribution in [3.05, 3.63) is 39.9 Å². The van der Waals surface area contributed by atoms with Crippen molar-refractivity contribution < 1.29 is 14.2 Å². The number of methoxy groups -OCH3 is 3. The van der Waals surface area contributed by atoms with Gasteiger partial charge in [0.15, 0.2) is 14.7 Å². The second-order valence-corrected chi connectivity index (χ2v) is 9.09. The minimum absolute atomic E-state index is 0.123. The van der Waals surface area contributed by atoms with E-state index in [1.807, 2.05) is 24.5 Å². The van der Waals surface area contributed by atoms with E-state index in [1.165, 1.54) is 23.1 Å². The van der Waals surface area contributed by atoms with Crippen LogP contribution in [0, 0.1) is 0 Å². The number of fused-ring (bicyclic) bond motifs is 1. The van der Waals surface area contributed by atoms with Gasteiger partial charge >= 0.3 is 0 Å². The number of rotatable bonds is 8. The molecule has 2 aromatic heterocycles. The van der Waals surface area contributed by atoms with Crippen LogP contribution in [0.3, 0.4) is 0 Å². The number of ether oxygens (including phenoxy) is 3. The van der Waals surface area contributed by atoms with Crippen LogP contribution in [0.5, 0.6) is 11.5 Å². The molecule has 0 bridgehead atoms. The van der Waals surface area contributed by atoms with Crippen LogP contribution in [0.15, 0.2) is 27.3 Å². The number of aromatic nitrogens is 3. The molecular weight excluding hydrogens is 410 g/mol. The highest BCUT2D eigenvalue weighted by Gasteiger charge is 2.48. The average Bonchev–Trinajstić information content (AvgIpc) is 3.39. The molecule has 7 nitrogen and oxygen atoms in total. The van der Waals surface area contributed by atoms with Crippen molar-refractivity contribution in [2.75, 3.05) is 34.2 Å². The van der Waals surface area contributed by atoms with Gasteiger partial charge in [-0.25, -0.2) is 9.97 Å². The van der Waals surface area contributed by atoms with E-state index in [-0.39, 0.29) is 11.0 Å². The summed E-state index contributed by atoms with van der Waals surface area (Å²) >= 11 is 2.98. The smallest absolute Gasteiger partial charge is 0.281 e. The second-order valence-electron chi connectivity index (χ2n) is 7.06.